The van der Waals surface area contributed by atoms with E-state index in [1.807, 2.05) is 6.92 Å². The summed E-state index contributed by atoms with van der Waals surface area (Å²) in [4.78, 5) is 3.94. The summed E-state index contributed by atoms with van der Waals surface area (Å²) in [5, 5.41) is 9.06. The van der Waals surface area contributed by atoms with Crippen molar-refractivity contribution in [2.75, 3.05) is 12.3 Å². The average molecular weight is 181 g/mol. The molecule has 0 aliphatic carbocycles. The van der Waals surface area contributed by atoms with Crippen LogP contribution in [0.2, 0.25) is 0 Å². The van der Waals surface area contributed by atoms with Gasteiger partial charge in [0.2, 0.25) is 0 Å². The first-order valence-electron chi connectivity index (χ1n) is 4.09. The molecule has 1 atom stereocenters. The average Bonchev–Trinajstić information content (AvgIpc) is 2.03. The smallest absolute Gasteiger partial charge is 0.123 e. The minimum atomic E-state index is -0.745. The lowest BCUT2D eigenvalue weighted by atomic mass is 9.92. The lowest BCUT2D eigenvalue weighted by molar-refractivity contribution is 0.209. The summed E-state index contributed by atoms with van der Waals surface area (Å²) in [5.41, 5.74) is 12.4. The maximum absolute atomic E-state index is 9.06. The van der Waals surface area contributed by atoms with Crippen LogP contribution in [-0.4, -0.2) is 16.7 Å². The third-order valence-corrected chi connectivity index (χ3v) is 2.08. The summed E-state index contributed by atoms with van der Waals surface area (Å²) < 4.78 is 0. The number of pyridine rings is 1. The maximum atomic E-state index is 9.06. The molecule has 0 aliphatic rings. The Labute approximate surface area is 77.6 Å². The molecule has 0 spiro atoms. The summed E-state index contributed by atoms with van der Waals surface area (Å²) in [6.45, 7) is 3.54. The molecule has 0 fully saturated rings. The summed E-state index contributed by atoms with van der Waals surface area (Å²) in [6.07, 6.45) is 1.61. The number of nitrogen functional groups attached to an aromatic ring is 1. The number of rotatable bonds is 2. The van der Waals surface area contributed by atoms with Crippen molar-refractivity contribution in [2.24, 2.45) is 5.73 Å². The first-order chi connectivity index (χ1) is 5.97. The van der Waals surface area contributed by atoms with Crippen LogP contribution in [0.1, 0.15) is 18.1 Å². The van der Waals surface area contributed by atoms with Crippen LogP contribution >= 0.6 is 0 Å². The van der Waals surface area contributed by atoms with Gasteiger partial charge in [0, 0.05) is 6.20 Å². The van der Waals surface area contributed by atoms with Crippen LogP contribution in [0.3, 0.4) is 0 Å². The highest BCUT2D eigenvalue weighted by Crippen LogP contribution is 2.21. The maximum Gasteiger partial charge on any atom is 0.123 e. The third kappa shape index (κ3) is 1.96. The van der Waals surface area contributed by atoms with Crippen molar-refractivity contribution in [3.8, 4) is 0 Å². The van der Waals surface area contributed by atoms with Crippen molar-refractivity contribution in [1.82, 2.24) is 4.98 Å². The Morgan fingerprint density at radius 2 is 2.23 bits per heavy atom. The minimum absolute atomic E-state index is 0.112. The molecule has 0 aromatic carbocycles. The largest absolute Gasteiger partial charge is 0.394 e. The third-order valence-electron chi connectivity index (χ3n) is 2.08. The number of aryl methyl sites for hydroxylation is 1. The molecule has 1 aromatic rings. The molecule has 0 saturated heterocycles. The van der Waals surface area contributed by atoms with Crippen molar-refractivity contribution < 1.29 is 5.11 Å². The van der Waals surface area contributed by atoms with Crippen molar-refractivity contribution in [2.45, 2.75) is 19.4 Å². The van der Waals surface area contributed by atoms with Gasteiger partial charge in [-0.05, 0) is 31.0 Å². The fourth-order valence-corrected chi connectivity index (χ4v) is 1.26. The van der Waals surface area contributed by atoms with E-state index >= 15 is 0 Å². The monoisotopic (exact) mass is 181 g/mol. The molecular weight excluding hydrogens is 166 g/mol. The molecule has 0 saturated carbocycles. The van der Waals surface area contributed by atoms with Gasteiger partial charge in [-0.1, -0.05) is 0 Å². The van der Waals surface area contributed by atoms with Crippen molar-refractivity contribution in [1.29, 1.82) is 0 Å². The van der Waals surface area contributed by atoms with Crippen LogP contribution < -0.4 is 11.5 Å². The second-order valence-corrected chi connectivity index (χ2v) is 3.50. The summed E-state index contributed by atoms with van der Waals surface area (Å²) in [7, 11) is 0. The van der Waals surface area contributed by atoms with E-state index in [-0.39, 0.29) is 6.61 Å². The standard InChI is InChI=1S/C9H15N3O/c1-6-3-8(10)12-4-7(6)9(2,11)5-13/h3-4,13H,5,11H2,1-2H3,(H2,10,12)/t9-/m1/s1. The fraction of sp³-hybridized carbons (Fsp3) is 0.444. The van der Waals surface area contributed by atoms with Gasteiger partial charge < -0.3 is 16.6 Å². The number of hydrogen-bond acceptors (Lipinski definition) is 4. The van der Waals surface area contributed by atoms with Crippen LogP contribution in [0.4, 0.5) is 5.82 Å². The molecular formula is C9H15N3O. The van der Waals surface area contributed by atoms with Crippen LogP contribution in [0.5, 0.6) is 0 Å². The molecule has 1 aromatic heterocycles. The van der Waals surface area contributed by atoms with E-state index in [1.54, 1.807) is 19.2 Å². The van der Waals surface area contributed by atoms with Crippen LogP contribution in [-0.2, 0) is 5.54 Å². The van der Waals surface area contributed by atoms with E-state index in [0.717, 1.165) is 11.1 Å². The van der Waals surface area contributed by atoms with Gasteiger partial charge in [0.15, 0.2) is 0 Å². The minimum Gasteiger partial charge on any atom is -0.394 e. The molecule has 0 aliphatic heterocycles. The van der Waals surface area contributed by atoms with E-state index < -0.39 is 5.54 Å². The molecule has 13 heavy (non-hydrogen) atoms. The Balaban J connectivity index is 3.16. The number of aliphatic hydroxyl groups excluding tert-OH is 1. The zero-order valence-corrected chi connectivity index (χ0v) is 7.91. The van der Waals surface area contributed by atoms with E-state index in [9.17, 15) is 0 Å². The van der Waals surface area contributed by atoms with Gasteiger partial charge in [-0.15, -0.1) is 0 Å². The first kappa shape index (κ1) is 9.95. The molecule has 0 unspecified atom stereocenters. The molecule has 0 amide bonds. The normalized spacial score (nSPS) is 15.4. The number of nitrogens with two attached hydrogens (primary N) is 2. The lowest BCUT2D eigenvalue weighted by Gasteiger charge is -2.23. The molecule has 0 radical (unpaired) electrons. The Bertz CT molecular complexity index is 310. The number of aliphatic hydroxyl groups is 1. The molecule has 1 rings (SSSR count). The van der Waals surface area contributed by atoms with Gasteiger partial charge in [0.25, 0.3) is 0 Å². The molecule has 0 bridgehead atoms. The van der Waals surface area contributed by atoms with Crippen molar-refractivity contribution >= 4 is 5.82 Å². The van der Waals surface area contributed by atoms with E-state index in [2.05, 4.69) is 4.98 Å². The zero-order chi connectivity index (χ0) is 10.1. The summed E-state index contributed by atoms with van der Waals surface area (Å²) in [5.74, 6) is 0.468. The molecule has 4 nitrogen and oxygen atoms in total. The van der Waals surface area contributed by atoms with E-state index in [4.69, 9.17) is 16.6 Å². The van der Waals surface area contributed by atoms with Crippen LogP contribution in [0.25, 0.3) is 0 Å². The lowest BCUT2D eigenvalue weighted by Crippen LogP contribution is -2.37. The quantitative estimate of drug-likeness (QED) is 0.605. The second kappa shape index (κ2) is 3.32. The SMILES string of the molecule is Cc1cc(N)ncc1[C@](C)(N)CO. The summed E-state index contributed by atoms with van der Waals surface area (Å²) in [6, 6.07) is 1.75. The van der Waals surface area contributed by atoms with E-state index in [1.165, 1.54) is 0 Å². The second-order valence-electron chi connectivity index (χ2n) is 3.50. The number of anilines is 1. The van der Waals surface area contributed by atoms with Gasteiger partial charge in [-0.25, -0.2) is 4.98 Å². The highest BCUT2D eigenvalue weighted by Gasteiger charge is 2.22. The molecule has 1 heterocycles. The fourth-order valence-electron chi connectivity index (χ4n) is 1.26. The summed E-state index contributed by atoms with van der Waals surface area (Å²) >= 11 is 0. The zero-order valence-electron chi connectivity index (χ0n) is 7.91. The van der Waals surface area contributed by atoms with E-state index in [0.29, 0.717) is 5.82 Å². The van der Waals surface area contributed by atoms with Gasteiger partial charge in [-0.3, -0.25) is 0 Å². The Morgan fingerprint density at radius 3 is 2.69 bits per heavy atom. The highest BCUT2D eigenvalue weighted by molar-refractivity contribution is 5.39. The van der Waals surface area contributed by atoms with Gasteiger partial charge >= 0.3 is 0 Å². The van der Waals surface area contributed by atoms with Crippen LogP contribution in [0, 0.1) is 6.92 Å². The highest BCUT2D eigenvalue weighted by atomic mass is 16.3. The first-order valence-corrected chi connectivity index (χ1v) is 4.09. The van der Waals surface area contributed by atoms with Crippen molar-refractivity contribution in [3.63, 3.8) is 0 Å². The Morgan fingerprint density at radius 1 is 1.62 bits per heavy atom. The number of nitrogens with zero attached hydrogens (tertiary/aromatic N) is 1. The molecule has 4 heteroatoms. The van der Waals surface area contributed by atoms with Gasteiger partial charge in [0.05, 0.1) is 12.1 Å². The number of hydrogen-bond donors (Lipinski definition) is 3. The van der Waals surface area contributed by atoms with Crippen LogP contribution in [0.15, 0.2) is 12.3 Å². The predicted octanol–water partition coefficient (Wildman–Crippen LogP) is 0.138. The van der Waals surface area contributed by atoms with Gasteiger partial charge in [0.1, 0.15) is 5.82 Å². The number of aromatic nitrogens is 1. The predicted molar refractivity (Wildman–Crippen MR) is 52.0 cm³/mol. The molecule has 5 N–H and O–H groups in total. The Kier molecular flexibility index (Phi) is 2.54. The van der Waals surface area contributed by atoms with Gasteiger partial charge in [-0.2, -0.15) is 0 Å². The molecule has 72 valence electrons. The topological polar surface area (TPSA) is 85.2 Å². The Hall–Kier alpha value is -1.13. The van der Waals surface area contributed by atoms with Crippen molar-refractivity contribution in [3.05, 3.63) is 23.4 Å².